The monoisotopic (exact) mass is 380 g/mol. The molecular formula is C15H21BrN6O. The molecule has 2 atom stereocenters. The third-order valence-corrected chi connectivity index (χ3v) is 4.61. The van der Waals surface area contributed by atoms with E-state index in [1.807, 2.05) is 11.6 Å². The van der Waals surface area contributed by atoms with Crippen molar-refractivity contribution < 1.29 is 4.79 Å². The van der Waals surface area contributed by atoms with Gasteiger partial charge >= 0.3 is 0 Å². The summed E-state index contributed by atoms with van der Waals surface area (Å²) in [6, 6.07) is 0.188. The Bertz CT molecular complexity index is 750. The van der Waals surface area contributed by atoms with Crippen molar-refractivity contribution in [2.24, 2.45) is 0 Å². The first-order valence-corrected chi connectivity index (χ1v) is 8.52. The molecule has 1 amide bonds. The largest absolute Gasteiger partial charge is 0.365 e. The molecule has 1 fully saturated rings. The van der Waals surface area contributed by atoms with E-state index in [0.717, 1.165) is 27.9 Å². The van der Waals surface area contributed by atoms with Gasteiger partial charge in [0.2, 0.25) is 5.91 Å². The van der Waals surface area contributed by atoms with Crippen LogP contribution in [0.25, 0.3) is 11.0 Å². The normalized spacial score (nSPS) is 22.2. The van der Waals surface area contributed by atoms with E-state index >= 15 is 0 Å². The molecule has 23 heavy (non-hydrogen) atoms. The van der Waals surface area contributed by atoms with E-state index in [4.69, 9.17) is 0 Å². The molecule has 0 saturated carbocycles. The summed E-state index contributed by atoms with van der Waals surface area (Å²) in [5, 5.41) is 11.8. The molecule has 2 N–H and O–H groups in total. The van der Waals surface area contributed by atoms with E-state index in [9.17, 15) is 4.79 Å². The lowest BCUT2D eigenvalue weighted by Crippen LogP contribution is -2.49. The number of amides is 1. The van der Waals surface area contributed by atoms with Gasteiger partial charge in [-0.05, 0) is 50.0 Å². The SMILES string of the molecule is CC1NC(=O)CCC1Nc1ncnc2c1c(Br)nn2C(C)(C)C. The van der Waals surface area contributed by atoms with Crippen LogP contribution in [0, 0.1) is 0 Å². The summed E-state index contributed by atoms with van der Waals surface area (Å²) >= 11 is 3.53. The van der Waals surface area contributed by atoms with Crippen molar-refractivity contribution >= 4 is 38.7 Å². The number of nitrogens with zero attached hydrogens (tertiary/aromatic N) is 4. The van der Waals surface area contributed by atoms with Crippen molar-refractivity contribution in [2.45, 2.75) is 58.2 Å². The molecule has 2 aromatic heterocycles. The molecule has 7 nitrogen and oxygen atoms in total. The minimum atomic E-state index is -0.179. The van der Waals surface area contributed by atoms with Crippen LogP contribution in [0.5, 0.6) is 0 Å². The number of halogens is 1. The highest BCUT2D eigenvalue weighted by atomic mass is 79.9. The summed E-state index contributed by atoms with van der Waals surface area (Å²) in [6.07, 6.45) is 2.86. The summed E-state index contributed by atoms with van der Waals surface area (Å²) in [5.41, 5.74) is 0.608. The number of nitrogens with one attached hydrogen (secondary N) is 2. The van der Waals surface area contributed by atoms with Gasteiger partial charge in [-0.2, -0.15) is 5.10 Å². The third-order valence-electron chi connectivity index (χ3n) is 4.05. The highest BCUT2D eigenvalue weighted by molar-refractivity contribution is 9.10. The van der Waals surface area contributed by atoms with Gasteiger partial charge in [0.1, 0.15) is 16.7 Å². The average Bonchev–Trinajstić information content (AvgIpc) is 2.80. The second-order valence-corrected chi connectivity index (χ2v) is 7.69. The Labute approximate surface area is 143 Å². The second kappa shape index (κ2) is 5.74. The van der Waals surface area contributed by atoms with Crippen molar-refractivity contribution in [2.75, 3.05) is 5.32 Å². The zero-order chi connectivity index (χ0) is 16.8. The Morgan fingerprint density at radius 3 is 2.78 bits per heavy atom. The van der Waals surface area contributed by atoms with Gasteiger partial charge in [-0.1, -0.05) is 0 Å². The van der Waals surface area contributed by atoms with Gasteiger partial charge in [0.05, 0.1) is 10.9 Å². The molecule has 1 aliphatic rings. The van der Waals surface area contributed by atoms with Gasteiger partial charge in [0.15, 0.2) is 5.65 Å². The average molecular weight is 381 g/mol. The number of hydrogen-bond acceptors (Lipinski definition) is 5. The molecule has 3 heterocycles. The lowest BCUT2D eigenvalue weighted by atomic mass is 9.99. The molecule has 0 aliphatic carbocycles. The van der Waals surface area contributed by atoms with Crippen molar-refractivity contribution in [3.05, 3.63) is 10.9 Å². The van der Waals surface area contributed by atoms with Gasteiger partial charge in [0, 0.05) is 18.5 Å². The Balaban J connectivity index is 1.99. The van der Waals surface area contributed by atoms with E-state index in [2.05, 4.69) is 62.4 Å². The molecule has 0 spiro atoms. The van der Waals surface area contributed by atoms with Crippen molar-refractivity contribution in [3.63, 3.8) is 0 Å². The third kappa shape index (κ3) is 3.04. The number of piperidine rings is 1. The van der Waals surface area contributed by atoms with Gasteiger partial charge in [-0.3, -0.25) is 4.79 Å². The van der Waals surface area contributed by atoms with Crippen molar-refractivity contribution in [1.82, 2.24) is 25.1 Å². The van der Waals surface area contributed by atoms with Crippen LogP contribution in [0.3, 0.4) is 0 Å². The minimum absolute atomic E-state index is 0.0534. The Kier molecular flexibility index (Phi) is 4.03. The molecule has 0 radical (unpaired) electrons. The molecule has 3 rings (SSSR count). The fraction of sp³-hybridized carbons (Fsp3) is 0.600. The maximum atomic E-state index is 11.5. The fourth-order valence-electron chi connectivity index (χ4n) is 2.83. The lowest BCUT2D eigenvalue weighted by molar-refractivity contribution is -0.123. The summed E-state index contributed by atoms with van der Waals surface area (Å²) in [4.78, 5) is 20.3. The molecule has 2 aromatic rings. The van der Waals surface area contributed by atoms with Gasteiger partial charge in [-0.15, -0.1) is 0 Å². The Morgan fingerprint density at radius 1 is 1.39 bits per heavy atom. The van der Waals surface area contributed by atoms with Crippen LogP contribution < -0.4 is 10.6 Å². The van der Waals surface area contributed by atoms with E-state index < -0.39 is 0 Å². The molecule has 124 valence electrons. The maximum Gasteiger partial charge on any atom is 0.220 e. The summed E-state index contributed by atoms with van der Waals surface area (Å²) < 4.78 is 2.61. The van der Waals surface area contributed by atoms with Crippen LogP contribution >= 0.6 is 15.9 Å². The number of anilines is 1. The van der Waals surface area contributed by atoms with Gasteiger partial charge < -0.3 is 10.6 Å². The second-order valence-electron chi connectivity index (χ2n) is 6.94. The number of aromatic nitrogens is 4. The Hall–Kier alpha value is -1.70. The standard InChI is InChI=1S/C15H21BrN6O/c1-8-9(5-6-10(23)19-8)20-13-11-12(16)21-22(15(2,3)4)14(11)18-7-17-13/h7-9H,5-6H2,1-4H3,(H,19,23)(H,17,18,20). The van der Waals surface area contributed by atoms with Crippen molar-refractivity contribution in [1.29, 1.82) is 0 Å². The quantitative estimate of drug-likeness (QED) is 0.835. The maximum absolute atomic E-state index is 11.5. The minimum Gasteiger partial charge on any atom is -0.365 e. The molecule has 0 aromatic carbocycles. The summed E-state index contributed by atoms with van der Waals surface area (Å²) in [7, 11) is 0. The number of fused-ring (bicyclic) bond motifs is 1. The van der Waals surface area contributed by atoms with Gasteiger partial charge in [-0.25, -0.2) is 14.6 Å². The lowest BCUT2D eigenvalue weighted by Gasteiger charge is -2.30. The van der Waals surface area contributed by atoms with E-state index in [1.165, 1.54) is 0 Å². The zero-order valence-corrected chi connectivity index (χ0v) is 15.3. The topological polar surface area (TPSA) is 84.7 Å². The summed E-state index contributed by atoms with van der Waals surface area (Å²) in [6.45, 7) is 8.25. The van der Waals surface area contributed by atoms with E-state index in [1.54, 1.807) is 6.33 Å². The van der Waals surface area contributed by atoms with Crippen LogP contribution in [0.1, 0.15) is 40.5 Å². The smallest absolute Gasteiger partial charge is 0.220 e. The summed E-state index contributed by atoms with van der Waals surface area (Å²) in [5.74, 6) is 0.843. The van der Waals surface area contributed by atoms with Crippen molar-refractivity contribution in [3.8, 4) is 0 Å². The zero-order valence-electron chi connectivity index (χ0n) is 13.7. The first-order valence-electron chi connectivity index (χ1n) is 7.73. The molecule has 0 bridgehead atoms. The van der Waals surface area contributed by atoms with Crippen LogP contribution in [-0.4, -0.2) is 37.7 Å². The number of carbonyl (C=O) groups is 1. The fourth-order valence-corrected chi connectivity index (χ4v) is 3.35. The molecule has 1 saturated heterocycles. The van der Waals surface area contributed by atoms with E-state index in [-0.39, 0.29) is 23.5 Å². The van der Waals surface area contributed by atoms with Crippen LogP contribution in [0.2, 0.25) is 0 Å². The molecule has 8 heteroatoms. The van der Waals surface area contributed by atoms with Crippen LogP contribution in [-0.2, 0) is 10.3 Å². The number of carbonyl (C=O) groups excluding carboxylic acids is 1. The first-order chi connectivity index (χ1) is 10.8. The van der Waals surface area contributed by atoms with E-state index in [0.29, 0.717) is 6.42 Å². The predicted molar refractivity (Wildman–Crippen MR) is 92.3 cm³/mol. The van der Waals surface area contributed by atoms with Crippen LogP contribution in [0.15, 0.2) is 10.9 Å². The Morgan fingerprint density at radius 2 is 2.13 bits per heavy atom. The number of hydrogen-bond donors (Lipinski definition) is 2. The predicted octanol–water partition coefficient (Wildman–Crippen LogP) is 2.42. The highest BCUT2D eigenvalue weighted by Crippen LogP contribution is 2.31. The molecule has 1 aliphatic heterocycles. The number of rotatable bonds is 2. The van der Waals surface area contributed by atoms with Crippen LogP contribution in [0.4, 0.5) is 5.82 Å². The highest BCUT2D eigenvalue weighted by Gasteiger charge is 2.28. The molecular weight excluding hydrogens is 360 g/mol. The van der Waals surface area contributed by atoms with Gasteiger partial charge in [0.25, 0.3) is 0 Å². The first kappa shape index (κ1) is 16.2. The molecule has 2 unspecified atom stereocenters.